The predicted octanol–water partition coefficient (Wildman–Crippen LogP) is 3.25. The number of halogens is 1. The molecule has 0 spiro atoms. The van der Waals surface area contributed by atoms with Crippen molar-refractivity contribution in [2.24, 2.45) is 5.92 Å². The lowest BCUT2D eigenvalue weighted by Crippen LogP contribution is -2.37. The molecule has 0 unspecified atom stereocenters. The summed E-state index contributed by atoms with van der Waals surface area (Å²) in [5.41, 5.74) is 2.62. The van der Waals surface area contributed by atoms with Crippen LogP contribution in [0.15, 0.2) is 48.5 Å². The predicted molar refractivity (Wildman–Crippen MR) is 110 cm³/mol. The van der Waals surface area contributed by atoms with Gasteiger partial charge in [0, 0.05) is 30.2 Å². The van der Waals surface area contributed by atoms with Crippen molar-refractivity contribution in [3.8, 4) is 0 Å². The molecule has 0 saturated carbocycles. The Morgan fingerprint density at radius 3 is 2.59 bits per heavy atom. The van der Waals surface area contributed by atoms with E-state index in [2.05, 4.69) is 5.32 Å². The molecule has 1 aliphatic heterocycles. The van der Waals surface area contributed by atoms with Crippen LogP contribution >= 0.6 is 11.6 Å². The Bertz CT molecular complexity index is 913. The summed E-state index contributed by atoms with van der Waals surface area (Å²) < 4.78 is 5.30. The molecule has 2 atom stereocenters. The van der Waals surface area contributed by atoms with E-state index in [4.69, 9.17) is 16.3 Å². The van der Waals surface area contributed by atoms with Crippen molar-refractivity contribution in [1.29, 1.82) is 0 Å². The first-order chi connectivity index (χ1) is 13.8. The van der Waals surface area contributed by atoms with Gasteiger partial charge in [0.25, 0.3) is 5.91 Å². The molecule has 29 heavy (non-hydrogen) atoms. The number of amides is 2. The smallest absolute Gasteiger partial charge is 0.312 e. The summed E-state index contributed by atoms with van der Waals surface area (Å²) in [6.07, 6.45) is -0.894. The summed E-state index contributed by atoms with van der Waals surface area (Å²) in [4.78, 5) is 38.6. The maximum atomic E-state index is 12.5. The topological polar surface area (TPSA) is 75.7 Å². The van der Waals surface area contributed by atoms with Crippen LogP contribution in [-0.2, 0) is 25.7 Å². The fraction of sp³-hybridized carbons (Fsp3) is 0.318. The molecule has 2 amide bonds. The van der Waals surface area contributed by atoms with Gasteiger partial charge in [-0.05, 0) is 37.6 Å². The Labute approximate surface area is 174 Å². The third-order valence-electron chi connectivity index (χ3n) is 4.88. The number of aryl methyl sites for hydroxylation is 1. The number of nitrogens with zero attached hydrogens (tertiary/aromatic N) is 1. The number of carbonyl (C=O) groups excluding carboxylic acids is 3. The Kier molecular flexibility index (Phi) is 6.54. The third kappa shape index (κ3) is 5.15. The average Bonchev–Trinajstić information content (AvgIpc) is 3.09. The minimum absolute atomic E-state index is 0.0701. The lowest BCUT2D eigenvalue weighted by Gasteiger charge is -2.18. The monoisotopic (exact) mass is 414 g/mol. The van der Waals surface area contributed by atoms with Gasteiger partial charge in [-0.1, -0.05) is 47.5 Å². The summed E-state index contributed by atoms with van der Waals surface area (Å²) in [5, 5.41) is 3.26. The molecule has 6 nitrogen and oxygen atoms in total. The van der Waals surface area contributed by atoms with Crippen LogP contribution in [-0.4, -0.2) is 30.4 Å². The molecule has 152 valence electrons. The molecule has 3 rings (SSSR count). The number of benzene rings is 2. The summed E-state index contributed by atoms with van der Waals surface area (Å²) in [6, 6.07) is 14.7. The highest BCUT2D eigenvalue weighted by atomic mass is 35.5. The maximum absolute atomic E-state index is 12.5. The second kappa shape index (κ2) is 9.09. The van der Waals surface area contributed by atoms with E-state index < -0.39 is 23.9 Å². The van der Waals surface area contributed by atoms with E-state index in [0.717, 1.165) is 16.8 Å². The molecule has 1 saturated heterocycles. The van der Waals surface area contributed by atoms with Gasteiger partial charge < -0.3 is 15.0 Å². The first kappa shape index (κ1) is 20.9. The van der Waals surface area contributed by atoms with Crippen molar-refractivity contribution in [3.63, 3.8) is 0 Å². The van der Waals surface area contributed by atoms with Crippen molar-refractivity contribution in [1.82, 2.24) is 5.32 Å². The minimum atomic E-state index is -0.964. The SMILES string of the molecule is Cc1ccc(N2C[C@H](C(=O)O[C@H](C)C(=O)NCc3ccccc3Cl)CC2=O)cc1. The number of carbonyl (C=O) groups is 3. The van der Waals surface area contributed by atoms with Crippen LogP contribution in [0.25, 0.3) is 0 Å². The molecule has 1 fully saturated rings. The Balaban J connectivity index is 1.53. The van der Waals surface area contributed by atoms with Gasteiger partial charge in [0.2, 0.25) is 5.91 Å². The first-order valence-corrected chi connectivity index (χ1v) is 9.81. The number of anilines is 1. The molecule has 2 aromatic carbocycles. The summed E-state index contributed by atoms with van der Waals surface area (Å²) >= 11 is 6.07. The molecule has 0 bridgehead atoms. The van der Waals surface area contributed by atoms with Crippen LogP contribution in [0.3, 0.4) is 0 Å². The van der Waals surface area contributed by atoms with Crippen LogP contribution in [0, 0.1) is 12.8 Å². The molecule has 1 heterocycles. The normalized spacial score (nSPS) is 17.1. The Hall–Kier alpha value is -2.86. The quantitative estimate of drug-likeness (QED) is 0.736. The van der Waals surface area contributed by atoms with Gasteiger partial charge in [-0.2, -0.15) is 0 Å². The van der Waals surface area contributed by atoms with Crippen molar-refractivity contribution in [2.75, 3.05) is 11.4 Å². The number of hydrogen-bond donors (Lipinski definition) is 1. The van der Waals surface area contributed by atoms with E-state index in [1.165, 1.54) is 6.92 Å². The van der Waals surface area contributed by atoms with Crippen LogP contribution < -0.4 is 10.2 Å². The summed E-state index contributed by atoms with van der Waals surface area (Å²) in [5.74, 6) is -1.69. The van der Waals surface area contributed by atoms with Crippen molar-refractivity contribution < 1.29 is 19.1 Å². The first-order valence-electron chi connectivity index (χ1n) is 9.44. The highest BCUT2D eigenvalue weighted by Gasteiger charge is 2.37. The molecular formula is C22H23ClN2O4. The Morgan fingerprint density at radius 2 is 1.90 bits per heavy atom. The second-order valence-electron chi connectivity index (χ2n) is 7.13. The highest BCUT2D eigenvalue weighted by Crippen LogP contribution is 2.26. The lowest BCUT2D eigenvalue weighted by atomic mass is 10.1. The fourth-order valence-corrected chi connectivity index (χ4v) is 3.33. The molecule has 0 aromatic heterocycles. The van der Waals surface area contributed by atoms with Gasteiger partial charge in [0.15, 0.2) is 6.10 Å². The second-order valence-corrected chi connectivity index (χ2v) is 7.54. The maximum Gasteiger partial charge on any atom is 0.312 e. The number of ether oxygens (including phenoxy) is 1. The number of hydrogen-bond acceptors (Lipinski definition) is 4. The average molecular weight is 415 g/mol. The van der Waals surface area contributed by atoms with Crippen LogP contribution in [0.2, 0.25) is 5.02 Å². The van der Waals surface area contributed by atoms with Gasteiger partial charge in [-0.3, -0.25) is 14.4 Å². The summed E-state index contributed by atoms with van der Waals surface area (Å²) in [6.45, 7) is 3.96. The molecule has 1 N–H and O–H groups in total. The number of nitrogens with one attached hydrogen (secondary N) is 1. The van der Waals surface area contributed by atoms with Gasteiger partial charge in [-0.25, -0.2) is 0 Å². The minimum Gasteiger partial charge on any atom is -0.452 e. The van der Waals surface area contributed by atoms with Gasteiger partial charge >= 0.3 is 5.97 Å². The fourth-order valence-electron chi connectivity index (χ4n) is 3.13. The molecule has 0 radical (unpaired) electrons. The Morgan fingerprint density at radius 1 is 1.21 bits per heavy atom. The van der Waals surface area contributed by atoms with Crippen molar-refractivity contribution >= 4 is 35.1 Å². The molecular weight excluding hydrogens is 392 g/mol. The highest BCUT2D eigenvalue weighted by molar-refractivity contribution is 6.31. The standard InChI is InChI=1S/C22H23ClN2O4/c1-14-7-9-18(10-8-14)25-13-17(11-20(25)26)22(28)29-15(2)21(27)24-12-16-5-3-4-6-19(16)23/h3-10,15,17H,11-13H2,1-2H3,(H,24,27)/t15-,17-/m1/s1. The van der Waals surface area contributed by atoms with Gasteiger partial charge in [0.1, 0.15) is 0 Å². The number of rotatable bonds is 6. The van der Waals surface area contributed by atoms with E-state index in [-0.39, 0.29) is 25.4 Å². The number of esters is 1. The van der Waals surface area contributed by atoms with Crippen LogP contribution in [0.5, 0.6) is 0 Å². The third-order valence-corrected chi connectivity index (χ3v) is 5.25. The van der Waals surface area contributed by atoms with E-state index in [0.29, 0.717) is 5.02 Å². The molecule has 7 heteroatoms. The molecule has 1 aliphatic rings. The van der Waals surface area contributed by atoms with E-state index in [1.54, 1.807) is 17.0 Å². The van der Waals surface area contributed by atoms with E-state index in [1.807, 2.05) is 43.3 Å². The molecule has 2 aromatic rings. The zero-order valence-corrected chi connectivity index (χ0v) is 17.1. The van der Waals surface area contributed by atoms with Gasteiger partial charge in [-0.15, -0.1) is 0 Å². The van der Waals surface area contributed by atoms with Crippen LogP contribution in [0.4, 0.5) is 5.69 Å². The molecule has 0 aliphatic carbocycles. The van der Waals surface area contributed by atoms with Crippen molar-refractivity contribution in [2.45, 2.75) is 32.9 Å². The van der Waals surface area contributed by atoms with Gasteiger partial charge in [0.05, 0.1) is 5.92 Å². The van der Waals surface area contributed by atoms with Crippen LogP contribution in [0.1, 0.15) is 24.5 Å². The van der Waals surface area contributed by atoms with E-state index >= 15 is 0 Å². The largest absolute Gasteiger partial charge is 0.452 e. The zero-order valence-electron chi connectivity index (χ0n) is 16.4. The lowest BCUT2D eigenvalue weighted by molar-refractivity contribution is -0.158. The van der Waals surface area contributed by atoms with E-state index in [9.17, 15) is 14.4 Å². The zero-order chi connectivity index (χ0) is 21.0. The summed E-state index contributed by atoms with van der Waals surface area (Å²) in [7, 11) is 0. The van der Waals surface area contributed by atoms with Crippen molar-refractivity contribution in [3.05, 3.63) is 64.7 Å².